The number of rotatable bonds is 5. The second kappa shape index (κ2) is 7.35. The second-order valence-electron chi connectivity index (χ2n) is 7.02. The van der Waals surface area contributed by atoms with Gasteiger partial charge in [0, 0.05) is 42.7 Å². The number of aryl methyl sites for hydroxylation is 2. The third-order valence-corrected chi connectivity index (χ3v) is 4.94. The minimum Gasteiger partial charge on any atom is -0.461 e. The first-order valence-electron chi connectivity index (χ1n) is 9.43. The molecule has 1 amide bonds. The maximum atomic E-state index is 12.9. The van der Waals surface area contributed by atoms with Gasteiger partial charge in [-0.1, -0.05) is 25.1 Å². The summed E-state index contributed by atoms with van der Waals surface area (Å²) in [6.07, 6.45) is 4.57. The van der Waals surface area contributed by atoms with Crippen molar-refractivity contribution in [1.29, 1.82) is 0 Å². The van der Waals surface area contributed by atoms with Gasteiger partial charge < -0.3 is 9.32 Å². The molecule has 4 rings (SSSR count). The van der Waals surface area contributed by atoms with Crippen molar-refractivity contribution in [3.8, 4) is 5.69 Å². The van der Waals surface area contributed by atoms with E-state index in [1.54, 1.807) is 9.58 Å². The standard InChI is InChI=1S/C23H23N3O2/c1-4-21-20(19-7-5-6-8-22(19)28-21)15-25(3)23(27)17-9-11-18(12-10-17)26-14-16(2)13-24-26/h5-14H,4,15H2,1-3H3. The highest BCUT2D eigenvalue weighted by Crippen LogP contribution is 2.27. The van der Waals surface area contributed by atoms with Crippen LogP contribution in [0.15, 0.2) is 65.3 Å². The van der Waals surface area contributed by atoms with Crippen LogP contribution in [0.2, 0.25) is 0 Å². The molecule has 142 valence electrons. The number of aromatic nitrogens is 2. The van der Waals surface area contributed by atoms with Gasteiger partial charge >= 0.3 is 0 Å². The number of furan rings is 1. The zero-order valence-electron chi connectivity index (χ0n) is 16.3. The Bertz CT molecular complexity index is 1120. The Kier molecular flexibility index (Phi) is 4.74. The van der Waals surface area contributed by atoms with Gasteiger partial charge in [0.25, 0.3) is 5.91 Å². The summed E-state index contributed by atoms with van der Waals surface area (Å²) in [6.45, 7) is 4.58. The number of hydrogen-bond donors (Lipinski definition) is 0. The molecular formula is C23H23N3O2. The van der Waals surface area contributed by atoms with Crippen LogP contribution in [0.5, 0.6) is 0 Å². The molecule has 5 nitrogen and oxygen atoms in total. The molecule has 2 aromatic carbocycles. The van der Waals surface area contributed by atoms with Crippen LogP contribution >= 0.6 is 0 Å². The Morgan fingerprint density at radius 2 is 1.89 bits per heavy atom. The van der Waals surface area contributed by atoms with Crippen molar-refractivity contribution >= 4 is 16.9 Å². The maximum Gasteiger partial charge on any atom is 0.253 e. The third-order valence-electron chi connectivity index (χ3n) is 4.94. The Morgan fingerprint density at radius 1 is 1.14 bits per heavy atom. The number of para-hydroxylation sites is 1. The summed E-state index contributed by atoms with van der Waals surface area (Å²) in [4.78, 5) is 14.7. The maximum absolute atomic E-state index is 12.9. The van der Waals surface area contributed by atoms with Gasteiger partial charge in [0.1, 0.15) is 11.3 Å². The fourth-order valence-corrected chi connectivity index (χ4v) is 3.45. The molecule has 0 aliphatic heterocycles. The van der Waals surface area contributed by atoms with E-state index in [1.165, 1.54) is 0 Å². The predicted molar refractivity (Wildman–Crippen MR) is 110 cm³/mol. The number of benzene rings is 2. The lowest BCUT2D eigenvalue weighted by Gasteiger charge is -2.17. The lowest BCUT2D eigenvalue weighted by Crippen LogP contribution is -2.26. The molecule has 0 spiro atoms. The first kappa shape index (κ1) is 18.0. The van der Waals surface area contributed by atoms with E-state index in [-0.39, 0.29) is 5.91 Å². The van der Waals surface area contributed by atoms with Gasteiger partial charge in [-0.25, -0.2) is 4.68 Å². The van der Waals surface area contributed by atoms with E-state index in [0.717, 1.165) is 40.0 Å². The van der Waals surface area contributed by atoms with Crippen molar-refractivity contribution in [2.75, 3.05) is 7.05 Å². The number of hydrogen-bond acceptors (Lipinski definition) is 3. The molecule has 2 aromatic heterocycles. The summed E-state index contributed by atoms with van der Waals surface area (Å²) >= 11 is 0. The summed E-state index contributed by atoms with van der Waals surface area (Å²) in [6, 6.07) is 15.5. The lowest BCUT2D eigenvalue weighted by atomic mass is 10.1. The molecule has 0 fully saturated rings. The fraction of sp³-hybridized carbons (Fsp3) is 0.217. The second-order valence-corrected chi connectivity index (χ2v) is 7.02. The van der Waals surface area contributed by atoms with E-state index in [4.69, 9.17) is 4.42 Å². The Morgan fingerprint density at radius 3 is 2.57 bits per heavy atom. The number of carbonyl (C=O) groups is 1. The van der Waals surface area contributed by atoms with Crippen molar-refractivity contribution in [3.63, 3.8) is 0 Å². The van der Waals surface area contributed by atoms with Crippen molar-refractivity contribution in [1.82, 2.24) is 14.7 Å². The van der Waals surface area contributed by atoms with Gasteiger partial charge in [-0.3, -0.25) is 4.79 Å². The smallest absolute Gasteiger partial charge is 0.253 e. The minimum atomic E-state index is -0.0180. The average Bonchev–Trinajstić information content (AvgIpc) is 3.31. The lowest BCUT2D eigenvalue weighted by molar-refractivity contribution is 0.0785. The van der Waals surface area contributed by atoms with Gasteiger partial charge in [0.2, 0.25) is 0 Å². The average molecular weight is 373 g/mol. The molecule has 4 aromatic rings. The molecule has 0 aliphatic carbocycles. The van der Waals surface area contributed by atoms with E-state index in [0.29, 0.717) is 12.1 Å². The summed E-state index contributed by atoms with van der Waals surface area (Å²) in [5.74, 6) is 0.917. The zero-order chi connectivity index (χ0) is 19.7. The Labute approximate surface area is 164 Å². The number of nitrogens with zero attached hydrogens (tertiary/aromatic N) is 3. The molecule has 28 heavy (non-hydrogen) atoms. The van der Waals surface area contributed by atoms with Crippen LogP contribution < -0.4 is 0 Å². The predicted octanol–water partition coefficient (Wildman–Crippen LogP) is 4.76. The highest BCUT2D eigenvalue weighted by atomic mass is 16.3. The quantitative estimate of drug-likeness (QED) is 0.507. The first-order chi connectivity index (χ1) is 13.6. The van der Waals surface area contributed by atoms with Crippen LogP contribution in [0.3, 0.4) is 0 Å². The van der Waals surface area contributed by atoms with Crippen LogP contribution in [-0.2, 0) is 13.0 Å². The molecule has 0 saturated heterocycles. The summed E-state index contributed by atoms with van der Waals surface area (Å²) in [5.41, 5.74) is 4.63. The van der Waals surface area contributed by atoms with Gasteiger partial charge in [-0.15, -0.1) is 0 Å². The topological polar surface area (TPSA) is 51.3 Å². The van der Waals surface area contributed by atoms with Gasteiger partial charge in [0.15, 0.2) is 0 Å². The van der Waals surface area contributed by atoms with Crippen LogP contribution in [0.4, 0.5) is 0 Å². The molecule has 2 heterocycles. The van der Waals surface area contributed by atoms with E-state index in [1.807, 2.05) is 74.9 Å². The molecule has 0 radical (unpaired) electrons. The van der Waals surface area contributed by atoms with E-state index < -0.39 is 0 Å². The summed E-state index contributed by atoms with van der Waals surface area (Å²) in [5, 5.41) is 5.38. The first-order valence-corrected chi connectivity index (χ1v) is 9.43. The summed E-state index contributed by atoms with van der Waals surface area (Å²) < 4.78 is 7.76. The van der Waals surface area contributed by atoms with Crippen LogP contribution in [-0.4, -0.2) is 27.6 Å². The van der Waals surface area contributed by atoms with Gasteiger partial charge in [-0.2, -0.15) is 5.10 Å². The van der Waals surface area contributed by atoms with E-state index >= 15 is 0 Å². The van der Waals surface area contributed by atoms with Crippen molar-refractivity contribution < 1.29 is 9.21 Å². The molecule has 0 unspecified atom stereocenters. The minimum absolute atomic E-state index is 0.0180. The molecule has 5 heteroatoms. The van der Waals surface area contributed by atoms with Crippen LogP contribution in [0.25, 0.3) is 16.7 Å². The monoisotopic (exact) mass is 373 g/mol. The molecular weight excluding hydrogens is 350 g/mol. The molecule has 0 bridgehead atoms. The molecule has 0 N–H and O–H groups in total. The van der Waals surface area contributed by atoms with Gasteiger partial charge in [0.05, 0.1) is 11.9 Å². The number of carbonyl (C=O) groups excluding carboxylic acids is 1. The van der Waals surface area contributed by atoms with Crippen molar-refractivity contribution in [2.45, 2.75) is 26.8 Å². The highest BCUT2D eigenvalue weighted by molar-refractivity contribution is 5.94. The third kappa shape index (κ3) is 3.31. The normalized spacial score (nSPS) is 11.1. The fourth-order valence-electron chi connectivity index (χ4n) is 3.45. The number of fused-ring (bicyclic) bond motifs is 1. The largest absolute Gasteiger partial charge is 0.461 e. The van der Waals surface area contributed by atoms with E-state index in [9.17, 15) is 4.79 Å². The van der Waals surface area contributed by atoms with Crippen molar-refractivity contribution in [2.24, 2.45) is 0 Å². The zero-order valence-corrected chi connectivity index (χ0v) is 16.3. The van der Waals surface area contributed by atoms with Crippen molar-refractivity contribution in [3.05, 3.63) is 83.4 Å². The highest BCUT2D eigenvalue weighted by Gasteiger charge is 2.18. The van der Waals surface area contributed by atoms with Crippen LogP contribution in [0.1, 0.15) is 34.2 Å². The SMILES string of the molecule is CCc1oc2ccccc2c1CN(C)C(=O)c1ccc(-n2cc(C)cn2)cc1. The molecule has 0 saturated carbocycles. The van der Waals surface area contributed by atoms with Crippen LogP contribution in [0, 0.1) is 6.92 Å². The molecule has 0 aliphatic rings. The van der Waals surface area contributed by atoms with Gasteiger partial charge in [-0.05, 0) is 42.8 Å². The molecule has 0 atom stereocenters. The number of amides is 1. The van der Waals surface area contributed by atoms with E-state index in [2.05, 4.69) is 12.0 Å². The Hall–Kier alpha value is -3.34. The Balaban J connectivity index is 1.55. The summed E-state index contributed by atoms with van der Waals surface area (Å²) in [7, 11) is 1.83.